The van der Waals surface area contributed by atoms with Crippen LogP contribution in [-0.2, 0) is 9.59 Å². The third-order valence-electron chi connectivity index (χ3n) is 3.73. The van der Waals surface area contributed by atoms with Gasteiger partial charge < -0.3 is 10.1 Å². The highest BCUT2D eigenvalue weighted by Gasteiger charge is 2.28. The molecule has 3 rings (SSSR count). The molecule has 0 aliphatic carbocycles. The van der Waals surface area contributed by atoms with Gasteiger partial charge in [-0.25, -0.2) is 0 Å². The standard InChI is InChI=1S/C17H16ClN3O3/c1-11(12-3-2-6-19-8-12)20-16(22)9-21-14-7-13(18)4-5-15(14)24-10-17(21)23/h2-8,11H,9-10H2,1H3,(H,20,22)/t11-/m0/s1. The largest absolute Gasteiger partial charge is 0.482 e. The molecule has 0 spiro atoms. The molecule has 0 radical (unpaired) electrons. The summed E-state index contributed by atoms with van der Waals surface area (Å²) in [4.78, 5) is 29.9. The van der Waals surface area contributed by atoms with Gasteiger partial charge in [-0.2, -0.15) is 0 Å². The molecule has 1 aliphatic heterocycles. The number of fused-ring (bicyclic) bond motifs is 1. The van der Waals surface area contributed by atoms with Crippen molar-refractivity contribution in [3.8, 4) is 5.75 Å². The molecule has 2 aromatic rings. The average molecular weight is 346 g/mol. The summed E-state index contributed by atoms with van der Waals surface area (Å²) in [6.45, 7) is 1.67. The number of ether oxygens (including phenoxy) is 1. The molecule has 2 heterocycles. The zero-order valence-electron chi connectivity index (χ0n) is 13.0. The first-order valence-electron chi connectivity index (χ1n) is 7.46. The second-order valence-corrected chi connectivity index (χ2v) is 5.89. The first-order valence-corrected chi connectivity index (χ1v) is 7.84. The van der Waals surface area contributed by atoms with Crippen molar-refractivity contribution in [2.24, 2.45) is 0 Å². The first-order chi connectivity index (χ1) is 11.5. The number of anilines is 1. The summed E-state index contributed by atoms with van der Waals surface area (Å²) in [6, 6.07) is 8.47. The van der Waals surface area contributed by atoms with Crippen LogP contribution < -0.4 is 15.0 Å². The first kappa shape index (κ1) is 16.3. The van der Waals surface area contributed by atoms with Crippen LogP contribution >= 0.6 is 11.6 Å². The molecule has 0 saturated heterocycles. The van der Waals surface area contributed by atoms with Crippen LogP contribution in [0, 0.1) is 0 Å². The minimum absolute atomic E-state index is 0.0971. The van der Waals surface area contributed by atoms with Gasteiger partial charge in [0.05, 0.1) is 11.7 Å². The fraction of sp³-hybridized carbons (Fsp3) is 0.235. The van der Waals surface area contributed by atoms with Crippen LogP contribution in [0.15, 0.2) is 42.7 Å². The number of halogens is 1. The number of hydrogen-bond acceptors (Lipinski definition) is 4. The maximum absolute atomic E-state index is 12.3. The van der Waals surface area contributed by atoms with Gasteiger partial charge >= 0.3 is 0 Å². The fourth-order valence-electron chi connectivity index (χ4n) is 2.49. The Morgan fingerprint density at radius 3 is 3.04 bits per heavy atom. The summed E-state index contributed by atoms with van der Waals surface area (Å²) < 4.78 is 5.36. The number of nitrogens with one attached hydrogen (secondary N) is 1. The van der Waals surface area contributed by atoms with E-state index in [-0.39, 0.29) is 31.0 Å². The van der Waals surface area contributed by atoms with Crippen molar-refractivity contribution in [3.05, 3.63) is 53.3 Å². The molecule has 0 saturated carbocycles. The monoisotopic (exact) mass is 345 g/mol. The van der Waals surface area contributed by atoms with E-state index in [0.29, 0.717) is 16.5 Å². The van der Waals surface area contributed by atoms with Crippen LogP contribution in [0.2, 0.25) is 5.02 Å². The number of carbonyl (C=O) groups is 2. The number of benzene rings is 1. The summed E-state index contributed by atoms with van der Waals surface area (Å²) in [5.41, 5.74) is 1.39. The van der Waals surface area contributed by atoms with E-state index in [0.717, 1.165) is 5.56 Å². The summed E-state index contributed by atoms with van der Waals surface area (Å²) in [6.07, 6.45) is 3.37. The number of hydrogen-bond donors (Lipinski definition) is 1. The van der Waals surface area contributed by atoms with Gasteiger partial charge in [0.15, 0.2) is 6.61 Å². The molecule has 0 bridgehead atoms. The van der Waals surface area contributed by atoms with Crippen LogP contribution in [0.3, 0.4) is 0 Å². The number of carbonyl (C=O) groups excluding carboxylic acids is 2. The van der Waals surface area contributed by atoms with Crippen molar-refractivity contribution in [2.45, 2.75) is 13.0 Å². The third-order valence-corrected chi connectivity index (χ3v) is 3.96. The highest BCUT2D eigenvalue weighted by Crippen LogP contribution is 2.34. The summed E-state index contributed by atoms with van der Waals surface area (Å²) in [7, 11) is 0. The van der Waals surface area contributed by atoms with Gasteiger partial charge in [0.2, 0.25) is 5.91 Å². The molecule has 24 heavy (non-hydrogen) atoms. The van der Waals surface area contributed by atoms with E-state index in [1.807, 2.05) is 19.1 Å². The summed E-state index contributed by atoms with van der Waals surface area (Å²) in [5, 5.41) is 3.34. The predicted molar refractivity (Wildman–Crippen MR) is 90.1 cm³/mol. The lowest BCUT2D eigenvalue weighted by Gasteiger charge is -2.29. The molecule has 6 nitrogen and oxygen atoms in total. The van der Waals surface area contributed by atoms with Crippen molar-refractivity contribution in [2.75, 3.05) is 18.1 Å². The van der Waals surface area contributed by atoms with Crippen LogP contribution in [-0.4, -0.2) is 29.9 Å². The van der Waals surface area contributed by atoms with E-state index < -0.39 is 0 Å². The van der Waals surface area contributed by atoms with Crippen LogP contribution in [0.5, 0.6) is 5.75 Å². The highest BCUT2D eigenvalue weighted by atomic mass is 35.5. The Balaban J connectivity index is 1.72. The summed E-state index contributed by atoms with van der Waals surface area (Å²) in [5.74, 6) is -0.0198. The molecule has 0 fully saturated rings. The van der Waals surface area contributed by atoms with Crippen LogP contribution in [0.25, 0.3) is 0 Å². The minimum atomic E-state index is -0.283. The smallest absolute Gasteiger partial charge is 0.265 e. The quantitative estimate of drug-likeness (QED) is 0.923. The summed E-state index contributed by atoms with van der Waals surface area (Å²) >= 11 is 5.99. The zero-order chi connectivity index (χ0) is 17.1. The van der Waals surface area contributed by atoms with Crippen molar-refractivity contribution in [3.63, 3.8) is 0 Å². The highest BCUT2D eigenvalue weighted by molar-refractivity contribution is 6.31. The van der Waals surface area contributed by atoms with E-state index in [1.54, 1.807) is 30.6 Å². The van der Waals surface area contributed by atoms with Crippen molar-refractivity contribution < 1.29 is 14.3 Å². The Labute approximate surface area is 144 Å². The van der Waals surface area contributed by atoms with E-state index >= 15 is 0 Å². The van der Waals surface area contributed by atoms with E-state index in [1.165, 1.54) is 4.90 Å². The fourth-order valence-corrected chi connectivity index (χ4v) is 2.66. The zero-order valence-corrected chi connectivity index (χ0v) is 13.8. The molecular formula is C17H16ClN3O3. The molecule has 2 amide bonds. The van der Waals surface area contributed by atoms with Crippen molar-refractivity contribution in [1.82, 2.24) is 10.3 Å². The van der Waals surface area contributed by atoms with Crippen molar-refractivity contribution in [1.29, 1.82) is 0 Å². The second kappa shape index (κ2) is 6.88. The van der Waals surface area contributed by atoms with E-state index in [2.05, 4.69) is 10.3 Å². The molecule has 1 aromatic carbocycles. The molecule has 0 unspecified atom stereocenters. The van der Waals surface area contributed by atoms with Gasteiger partial charge in [0.1, 0.15) is 12.3 Å². The Hall–Kier alpha value is -2.60. The molecular weight excluding hydrogens is 330 g/mol. The molecule has 1 aromatic heterocycles. The van der Waals surface area contributed by atoms with Crippen LogP contribution in [0.1, 0.15) is 18.5 Å². The maximum atomic E-state index is 12.3. The second-order valence-electron chi connectivity index (χ2n) is 5.46. The lowest BCUT2D eigenvalue weighted by atomic mass is 10.1. The minimum Gasteiger partial charge on any atom is -0.482 e. The van der Waals surface area contributed by atoms with Gasteiger partial charge in [0, 0.05) is 17.4 Å². The Morgan fingerprint density at radius 1 is 1.46 bits per heavy atom. The Kier molecular flexibility index (Phi) is 4.66. The Bertz CT molecular complexity index is 767. The van der Waals surface area contributed by atoms with Gasteiger partial charge in [-0.1, -0.05) is 17.7 Å². The Morgan fingerprint density at radius 2 is 2.29 bits per heavy atom. The number of pyridine rings is 1. The van der Waals surface area contributed by atoms with Gasteiger partial charge in [-0.05, 0) is 36.8 Å². The molecule has 7 heteroatoms. The molecule has 124 valence electrons. The van der Waals surface area contributed by atoms with Crippen LogP contribution in [0.4, 0.5) is 5.69 Å². The van der Waals surface area contributed by atoms with Crippen molar-refractivity contribution >= 4 is 29.1 Å². The molecule has 1 N–H and O–H groups in total. The predicted octanol–water partition coefficient (Wildman–Crippen LogP) is 2.34. The maximum Gasteiger partial charge on any atom is 0.265 e. The number of aromatic nitrogens is 1. The lowest BCUT2D eigenvalue weighted by molar-refractivity contribution is -0.125. The normalized spacial score (nSPS) is 14.6. The number of nitrogens with zero attached hydrogens (tertiary/aromatic N) is 2. The SMILES string of the molecule is C[C@H](NC(=O)CN1C(=O)COc2ccc(Cl)cc21)c1cccnc1. The van der Waals surface area contributed by atoms with Gasteiger partial charge in [-0.3, -0.25) is 19.5 Å². The topological polar surface area (TPSA) is 71.5 Å². The third kappa shape index (κ3) is 3.49. The number of amides is 2. The van der Waals surface area contributed by atoms with E-state index in [4.69, 9.17) is 16.3 Å². The van der Waals surface area contributed by atoms with Gasteiger partial charge in [-0.15, -0.1) is 0 Å². The van der Waals surface area contributed by atoms with E-state index in [9.17, 15) is 9.59 Å². The average Bonchev–Trinajstić information content (AvgIpc) is 2.58. The van der Waals surface area contributed by atoms with Gasteiger partial charge in [0.25, 0.3) is 5.91 Å². The number of rotatable bonds is 4. The lowest BCUT2D eigenvalue weighted by Crippen LogP contribution is -2.45. The molecule has 1 aliphatic rings. The molecule has 1 atom stereocenters.